The maximum Gasteiger partial charge on any atom is 0.419 e. The summed E-state index contributed by atoms with van der Waals surface area (Å²) in [5.74, 6) is -0.506. The van der Waals surface area contributed by atoms with Crippen LogP contribution in [0.4, 0.5) is 0 Å². The van der Waals surface area contributed by atoms with E-state index in [4.69, 9.17) is 4.42 Å². The maximum atomic E-state index is 13.2. The quantitative estimate of drug-likeness (QED) is 0.632. The predicted octanol–water partition coefficient (Wildman–Crippen LogP) is 2.86. The highest BCUT2D eigenvalue weighted by Gasteiger charge is 2.33. The Morgan fingerprint density at radius 2 is 2.10 bits per heavy atom. The molecular formula is C22H33N3O5S. The van der Waals surface area contributed by atoms with Crippen molar-refractivity contribution in [1.82, 2.24) is 14.2 Å². The summed E-state index contributed by atoms with van der Waals surface area (Å²) < 4.78 is 34.2. The number of amides is 1. The van der Waals surface area contributed by atoms with Gasteiger partial charge in [-0.25, -0.2) is 13.2 Å². The molecule has 1 amide bonds. The number of hydrogen-bond donors (Lipinski definition) is 1. The number of benzene rings is 1. The van der Waals surface area contributed by atoms with Gasteiger partial charge in [0.1, 0.15) is 0 Å². The minimum absolute atomic E-state index is 0.0700. The predicted molar refractivity (Wildman–Crippen MR) is 119 cm³/mol. The number of fused-ring (bicyclic) bond motifs is 1. The van der Waals surface area contributed by atoms with E-state index in [-0.39, 0.29) is 28.8 Å². The van der Waals surface area contributed by atoms with Gasteiger partial charge in [-0.05, 0) is 37.3 Å². The van der Waals surface area contributed by atoms with Crippen molar-refractivity contribution in [3.63, 3.8) is 0 Å². The lowest BCUT2D eigenvalue weighted by atomic mass is 9.96. The van der Waals surface area contributed by atoms with Crippen LogP contribution in [0, 0.1) is 11.8 Å². The largest absolute Gasteiger partial charge is 0.419 e. The zero-order valence-electron chi connectivity index (χ0n) is 18.6. The molecule has 3 rings (SSSR count). The van der Waals surface area contributed by atoms with Crippen molar-refractivity contribution in [2.75, 3.05) is 19.6 Å². The first-order valence-corrected chi connectivity index (χ1v) is 12.6. The smallest absolute Gasteiger partial charge is 0.408 e. The first-order chi connectivity index (χ1) is 14.8. The standard InChI is InChI=1S/C22H33N3O5S/c1-4-6-8-16(5-2)14-23-21(26)17-9-7-12-25(15-17)31(28,29)18-10-11-19-20(13-18)30-22(27)24(19)3/h10-11,13,16-17H,4-9,12,14-15H2,1-3H3,(H,23,26)/t16-,17+/m0/s1. The highest BCUT2D eigenvalue weighted by molar-refractivity contribution is 7.89. The molecule has 1 aromatic heterocycles. The summed E-state index contributed by atoms with van der Waals surface area (Å²) in [6, 6.07) is 4.44. The van der Waals surface area contributed by atoms with Crippen LogP contribution in [0.3, 0.4) is 0 Å². The van der Waals surface area contributed by atoms with Gasteiger partial charge >= 0.3 is 5.76 Å². The monoisotopic (exact) mass is 451 g/mol. The van der Waals surface area contributed by atoms with E-state index in [2.05, 4.69) is 19.2 Å². The molecule has 8 nitrogen and oxygen atoms in total. The lowest BCUT2D eigenvalue weighted by molar-refractivity contribution is -0.126. The first kappa shape index (κ1) is 23.5. The van der Waals surface area contributed by atoms with Crippen LogP contribution < -0.4 is 11.1 Å². The van der Waals surface area contributed by atoms with E-state index >= 15 is 0 Å². The van der Waals surface area contributed by atoms with Crippen LogP contribution in [0.15, 0.2) is 32.3 Å². The number of aromatic nitrogens is 1. The first-order valence-electron chi connectivity index (χ1n) is 11.1. The van der Waals surface area contributed by atoms with Crippen LogP contribution >= 0.6 is 0 Å². The number of nitrogens with zero attached hydrogens (tertiary/aromatic N) is 2. The van der Waals surface area contributed by atoms with Gasteiger partial charge in [-0.2, -0.15) is 4.31 Å². The molecule has 1 saturated heterocycles. The van der Waals surface area contributed by atoms with Crippen molar-refractivity contribution >= 4 is 27.0 Å². The second kappa shape index (κ2) is 9.99. The lowest BCUT2D eigenvalue weighted by Crippen LogP contribution is -2.46. The van der Waals surface area contributed by atoms with Gasteiger partial charge in [0, 0.05) is 32.7 Å². The number of sulfonamides is 1. The molecule has 1 aliphatic heterocycles. The van der Waals surface area contributed by atoms with Crippen molar-refractivity contribution in [3.8, 4) is 0 Å². The van der Waals surface area contributed by atoms with Gasteiger partial charge in [0.15, 0.2) is 5.58 Å². The van der Waals surface area contributed by atoms with E-state index < -0.39 is 15.8 Å². The number of carbonyl (C=O) groups excluding carboxylic acids is 1. The second-order valence-electron chi connectivity index (χ2n) is 8.42. The molecule has 0 bridgehead atoms. The molecule has 1 aliphatic rings. The third kappa shape index (κ3) is 5.20. The Morgan fingerprint density at radius 3 is 2.81 bits per heavy atom. The molecule has 2 heterocycles. The Balaban J connectivity index is 1.69. The number of aryl methyl sites for hydroxylation is 1. The van der Waals surface area contributed by atoms with Gasteiger partial charge < -0.3 is 9.73 Å². The summed E-state index contributed by atoms with van der Waals surface area (Å²) >= 11 is 0. The molecule has 0 unspecified atom stereocenters. The summed E-state index contributed by atoms with van der Waals surface area (Å²) in [7, 11) is -2.22. The van der Waals surface area contributed by atoms with Crippen LogP contribution in [0.5, 0.6) is 0 Å². The second-order valence-corrected chi connectivity index (χ2v) is 10.4. The summed E-state index contributed by atoms with van der Waals surface area (Å²) in [4.78, 5) is 24.5. The molecule has 1 fully saturated rings. The van der Waals surface area contributed by atoms with E-state index in [9.17, 15) is 18.0 Å². The summed E-state index contributed by atoms with van der Waals surface area (Å²) in [5.41, 5.74) is 0.769. The van der Waals surface area contributed by atoms with Crippen LogP contribution in [0.2, 0.25) is 0 Å². The topological polar surface area (TPSA) is 102 Å². The van der Waals surface area contributed by atoms with Crippen molar-refractivity contribution in [2.24, 2.45) is 18.9 Å². The number of nitrogens with one attached hydrogen (secondary N) is 1. The summed E-state index contributed by atoms with van der Waals surface area (Å²) in [6.45, 7) is 5.47. The average Bonchev–Trinajstić information content (AvgIpc) is 3.06. The van der Waals surface area contributed by atoms with Crippen LogP contribution in [-0.4, -0.2) is 42.8 Å². The van der Waals surface area contributed by atoms with Crippen molar-refractivity contribution in [1.29, 1.82) is 0 Å². The van der Waals surface area contributed by atoms with Crippen LogP contribution in [0.1, 0.15) is 52.4 Å². The molecule has 172 valence electrons. The van der Waals surface area contributed by atoms with E-state index in [1.54, 1.807) is 13.1 Å². The van der Waals surface area contributed by atoms with Crippen molar-refractivity contribution in [3.05, 3.63) is 28.7 Å². The van der Waals surface area contributed by atoms with E-state index in [1.807, 2.05) is 0 Å². The number of oxazole rings is 1. The third-order valence-corrected chi connectivity index (χ3v) is 8.13. The Bertz CT molecular complexity index is 1070. The molecule has 9 heteroatoms. The molecule has 0 radical (unpaired) electrons. The number of carbonyl (C=O) groups is 1. The van der Waals surface area contributed by atoms with E-state index in [0.717, 1.165) is 25.7 Å². The van der Waals surface area contributed by atoms with Crippen molar-refractivity contribution in [2.45, 2.75) is 57.3 Å². The molecular weight excluding hydrogens is 418 g/mol. The Morgan fingerprint density at radius 1 is 1.32 bits per heavy atom. The zero-order valence-corrected chi connectivity index (χ0v) is 19.4. The molecule has 1 aromatic carbocycles. The van der Waals surface area contributed by atoms with Gasteiger partial charge in [0.25, 0.3) is 0 Å². The van der Waals surface area contributed by atoms with E-state index in [0.29, 0.717) is 37.4 Å². The maximum absolute atomic E-state index is 13.2. The third-order valence-electron chi connectivity index (χ3n) is 6.26. The average molecular weight is 452 g/mol. The zero-order chi connectivity index (χ0) is 22.6. The fraction of sp³-hybridized carbons (Fsp3) is 0.636. The number of hydrogen-bond acceptors (Lipinski definition) is 5. The van der Waals surface area contributed by atoms with Gasteiger partial charge in [-0.15, -0.1) is 0 Å². The number of rotatable bonds is 9. The molecule has 0 spiro atoms. The molecule has 1 N–H and O–H groups in total. The highest BCUT2D eigenvalue weighted by Crippen LogP contribution is 2.26. The molecule has 2 atom stereocenters. The highest BCUT2D eigenvalue weighted by atomic mass is 32.2. The van der Waals surface area contributed by atoms with Gasteiger partial charge in [0.2, 0.25) is 15.9 Å². The SMILES string of the molecule is CCCC[C@H](CC)CNC(=O)[C@@H]1CCCN(S(=O)(=O)c2ccc3c(c2)oc(=O)n3C)C1. The minimum Gasteiger partial charge on any atom is -0.408 e. The number of unbranched alkanes of at least 4 members (excludes halogenated alkanes) is 1. The molecule has 2 aromatic rings. The summed E-state index contributed by atoms with van der Waals surface area (Å²) in [6.07, 6.45) is 5.71. The minimum atomic E-state index is -3.79. The van der Waals surface area contributed by atoms with Gasteiger partial charge in [-0.3, -0.25) is 9.36 Å². The fourth-order valence-electron chi connectivity index (χ4n) is 4.13. The Labute approximate surface area is 183 Å². The lowest BCUT2D eigenvalue weighted by Gasteiger charge is -2.31. The number of piperidine rings is 1. The van der Waals surface area contributed by atoms with Gasteiger partial charge in [-0.1, -0.05) is 33.1 Å². The Hall–Kier alpha value is -2.13. The van der Waals surface area contributed by atoms with E-state index in [1.165, 1.54) is 21.0 Å². The van der Waals surface area contributed by atoms with Gasteiger partial charge in [0.05, 0.1) is 16.3 Å². The Kier molecular flexibility index (Phi) is 7.59. The summed E-state index contributed by atoms with van der Waals surface area (Å²) in [5, 5.41) is 3.04. The fourth-order valence-corrected chi connectivity index (χ4v) is 5.67. The molecule has 31 heavy (non-hydrogen) atoms. The molecule has 0 aliphatic carbocycles. The van der Waals surface area contributed by atoms with Crippen LogP contribution in [0.25, 0.3) is 11.1 Å². The van der Waals surface area contributed by atoms with Crippen LogP contribution in [-0.2, 0) is 21.9 Å². The normalized spacial score (nSPS) is 18.9. The van der Waals surface area contributed by atoms with Crippen molar-refractivity contribution < 1.29 is 17.6 Å². The molecule has 0 saturated carbocycles.